The van der Waals surface area contributed by atoms with Gasteiger partial charge in [0.15, 0.2) is 0 Å². The molecule has 2 nitrogen and oxygen atoms in total. The van der Waals surface area contributed by atoms with Gasteiger partial charge in [0.05, 0.1) is 7.11 Å². The number of carbonyl (C=O) groups excluding carboxylic acids is 1. The van der Waals surface area contributed by atoms with Crippen LogP contribution in [0.3, 0.4) is 0 Å². The third kappa shape index (κ3) is 2.30. The molecule has 1 unspecified atom stereocenters. The lowest BCUT2D eigenvalue weighted by Crippen LogP contribution is -2.04. The molecule has 0 N–H and O–H groups in total. The van der Waals surface area contributed by atoms with E-state index in [9.17, 15) is 4.79 Å². The molecule has 0 aliphatic heterocycles. The molecular weight excluding hydrogens is 264 g/mol. The van der Waals surface area contributed by atoms with Crippen molar-refractivity contribution < 1.29 is 9.53 Å². The highest BCUT2D eigenvalue weighted by molar-refractivity contribution is 9.09. The van der Waals surface area contributed by atoms with Crippen LogP contribution >= 0.6 is 28.6 Å². The Morgan fingerprint density at radius 1 is 1.57 bits per heavy atom. The van der Waals surface area contributed by atoms with E-state index in [4.69, 9.17) is 4.74 Å². The van der Waals surface area contributed by atoms with Crippen molar-refractivity contribution in [3.63, 3.8) is 0 Å². The van der Waals surface area contributed by atoms with E-state index in [0.29, 0.717) is 5.75 Å². The predicted octanol–water partition coefficient (Wildman–Crippen LogP) is 3.01. The molecule has 0 aliphatic rings. The number of ketones is 1. The molecule has 0 amide bonds. The summed E-state index contributed by atoms with van der Waals surface area (Å²) in [4.78, 5) is 11.6. The molecule has 0 aliphatic carbocycles. The van der Waals surface area contributed by atoms with Gasteiger partial charge < -0.3 is 4.74 Å². The van der Waals surface area contributed by atoms with Crippen LogP contribution in [-0.4, -0.2) is 12.9 Å². The molecule has 0 aromatic heterocycles. The fourth-order valence-electron chi connectivity index (χ4n) is 1.17. The smallest absolute Gasteiger partial charge is 0.148 e. The minimum Gasteiger partial charge on any atom is -0.496 e. The number of benzene rings is 1. The maximum Gasteiger partial charge on any atom is 0.148 e. The van der Waals surface area contributed by atoms with E-state index in [2.05, 4.69) is 28.6 Å². The molecule has 0 heterocycles. The fourth-order valence-corrected chi connectivity index (χ4v) is 2.14. The summed E-state index contributed by atoms with van der Waals surface area (Å²) < 4.78 is 5.17. The number of rotatable bonds is 3. The fraction of sp³-hybridized carbons (Fsp3) is 0.300. The van der Waals surface area contributed by atoms with Crippen molar-refractivity contribution in [2.45, 2.75) is 16.6 Å². The molecule has 0 fully saturated rings. The maximum absolute atomic E-state index is 11.2. The normalized spacial score (nSPS) is 12.3. The topological polar surface area (TPSA) is 26.3 Å². The Balaban J connectivity index is 3.23. The second kappa shape index (κ2) is 4.84. The molecule has 1 aromatic rings. The van der Waals surface area contributed by atoms with E-state index in [0.717, 1.165) is 10.5 Å². The Bertz CT molecular complexity index is 352. The number of thiol groups is 1. The van der Waals surface area contributed by atoms with E-state index in [1.807, 2.05) is 18.2 Å². The molecule has 0 saturated heterocycles. The Morgan fingerprint density at radius 3 is 2.71 bits per heavy atom. The van der Waals surface area contributed by atoms with Gasteiger partial charge in [0, 0.05) is 10.5 Å². The van der Waals surface area contributed by atoms with E-state index >= 15 is 0 Å². The van der Waals surface area contributed by atoms with Gasteiger partial charge in [-0.25, -0.2) is 0 Å². The van der Waals surface area contributed by atoms with Crippen LogP contribution in [-0.2, 0) is 4.79 Å². The highest BCUT2D eigenvalue weighted by Crippen LogP contribution is 2.36. The molecule has 0 radical (unpaired) electrons. The zero-order chi connectivity index (χ0) is 10.7. The number of halogens is 1. The van der Waals surface area contributed by atoms with Gasteiger partial charge in [-0.3, -0.25) is 4.79 Å². The van der Waals surface area contributed by atoms with Crippen molar-refractivity contribution in [1.82, 2.24) is 0 Å². The second-order valence-corrected chi connectivity index (χ2v) is 4.26. The molecule has 0 saturated carbocycles. The first-order chi connectivity index (χ1) is 6.57. The van der Waals surface area contributed by atoms with Crippen LogP contribution in [0.5, 0.6) is 5.75 Å². The molecule has 0 spiro atoms. The summed E-state index contributed by atoms with van der Waals surface area (Å²) in [5.41, 5.74) is 0.783. The SMILES string of the molecule is COc1cccc(S)c1C(Br)C(C)=O. The van der Waals surface area contributed by atoms with Crippen molar-refractivity contribution in [3.8, 4) is 5.75 Å². The number of ether oxygens (including phenoxy) is 1. The summed E-state index contributed by atoms with van der Waals surface area (Å²) in [5, 5.41) is 0. The van der Waals surface area contributed by atoms with Crippen LogP contribution in [0.15, 0.2) is 23.1 Å². The minimum absolute atomic E-state index is 0.0322. The van der Waals surface area contributed by atoms with E-state index < -0.39 is 0 Å². The van der Waals surface area contributed by atoms with Crippen molar-refractivity contribution in [2.75, 3.05) is 7.11 Å². The van der Waals surface area contributed by atoms with Gasteiger partial charge in [0.1, 0.15) is 16.4 Å². The van der Waals surface area contributed by atoms with Gasteiger partial charge in [0.2, 0.25) is 0 Å². The average Bonchev–Trinajstić information content (AvgIpc) is 2.16. The molecule has 76 valence electrons. The Hall–Kier alpha value is -0.480. The van der Waals surface area contributed by atoms with Crippen LogP contribution in [0.2, 0.25) is 0 Å². The number of carbonyl (C=O) groups is 1. The van der Waals surface area contributed by atoms with Crippen LogP contribution in [0.1, 0.15) is 17.3 Å². The van der Waals surface area contributed by atoms with Crippen molar-refractivity contribution >= 4 is 34.3 Å². The first kappa shape index (κ1) is 11.6. The number of hydrogen-bond donors (Lipinski definition) is 1. The van der Waals surface area contributed by atoms with Gasteiger partial charge >= 0.3 is 0 Å². The first-order valence-electron chi connectivity index (χ1n) is 4.08. The lowest BCUT2D eigenvalue weighted by atomic mass is 10.1. The summed E-state index contributed by atoms with van der Waals surface area (Å²) >= 11 is 7.61. The van der Waals surface area contributed by atoms with Gasteiger partial charge in [0.25, 0.3) is 0 Å². The summed E-state index contributed by atoms with van der Waals surface area (Å²) in [6.45, 7) is 1.53. The quantitative estimate of drug-likeness (QED) is 0.678. The van der Waals surface area contributed by atoms with E-state index in [1.54, 1.807) is 7.11 Å². The highest BCUT2D eigenvalue weighted by Gasteiger charge is 2.19. The molecule has 1 rings (SSSR count). The molecular formula is C10H11BrO2S. The third-order valence-electron chi connectivity index (χ3n) is 1.87. The predicted molar refractivity (Wildman–Crippen MR) is 62.6 cm³/mol. The number of methoxy groups -OCH3 is 1. The minimum atomic E-state index is -0.355. The zero-order valence-corrected chi connectivity index (χ0v) is 10.4. The molecule has 1 atom stereocenters. The van der Waals surface area contributed by atoms with Gasteiger partial charge in [-0.15, -0.1) is 12.6 Å². The van der Waals surface area contributed by atoms with Gasteiger partial charge in [-0.05, 0) is 19.1 Å². The lowest BCUT2D eigenvalue weighted by molar-refractivity contribution is -0.116. The summed E-state index contributed by atoms with van der Waals surface area (Å²) in [5.74, 6) is 0.708. The molecule has 4 heteroatoms. The second-order valence-electron chi connectivity index (χ2n) is 2.87. The van der Waals surface area contributed by atoms with Crippen LogP contribution in [0, 0.1) is 0 Å². The number of alkyl halides is 1. The van der Waals surface area contributed by atoms with Crippen molar-refractivity contribution in [1.29, 1.82) is 0 Å². The highest BCUT2D eigenvalue weighted by atomic mass is 79.9. The summed E-state index contributed by atoms with van der Waals surface area (Å²) in [6, 6.07) is 5.48. The van der Waals surface area contributed by atoms with Gasteiger partial charge in [-0.2, -0.15) is 0 Å². The van der Waals surface area contributed by atoms with Crippen LogP contribution in [0.4, 0.5) is 0 Å². The zero-order valence-electron chi connectivity index (χ0n) is 7.95. The van der Waals surface area contributed by atoms with Crippen molar-refractivity contribution in [2.24, 2.45) is 0 Å². The third-order valence-corrected chi connectivity index (χ3v) is 3.37. The van der Waals surface area contributed by atoms with Crippen LogP contribution in [0.25, 0.3) is 0 Å². The molecule has 0 bridgehead atoms. The van der Waals surface area contributed by atoms with E-state index in [1.165, 1.54) is 6.92 Å². The standard InChI is InChI=1S/C10H11BrO2S/c1-6(12)10(11)9-7(13-2)4-3-5-8(9)14/h3-5,10,14H,1-2H3. The summed E-state index contributed by atoms with van der Waals surface area (Å²) in [6.07, 6.45) is 0. The molecule has 1 aromatic carbocycles. The van der Waals surface area contributed by atoms with Gasteiger partial charge in [-0.1, -0.05) is 22.0 Å². The Kier molecular flexibility index (Phi) is 4.01. The largest absolute Gasteiger partial charge is 0.496 e. The summed E-state index contributed by atoms with van der Waals surface area (Å²) in [7, 11) is 1.58. The lowest BCUT2D eigenvalue weighted by Gasteiger charge is -2.13. The average molecular weight is 275 g/mol. The van der Waals surface area contributed by atoms with Crippen LogP contribution < -0.4 is 4.74 Å². The number of Topliss-reactive ketones (excluding diaryl/α,β-unsaturated/α-hetero) is 1. The number of hydrogen-bond acceptors (Lipinski definition) is 3. The van der Waals surface area contributed by atoms with Crippen molar-refractivity contribution in [3.05, 3.63) is 23.8 Å². The maximum atomic E-state index is 11.2. The Morgan fingerprint density at radius 2 is 2.21 bits per heavy atom. The monoisotopic (exact) mass is 274 g/mol. The first-order valence-corrected chi connectivity index (χ1v) is 5.44. The van der Waals surface area contributed by atoms with E-state index in [-0.39, 0.29) is 10.6 Å². The Labute approximate surface area is 97.2 Å². The molecule has 14 heavy (non-hydrogen) atoms.